The van der Waals surface area contributed by atoms with Gasteiger partial charge < -0.3 is 20.5 Å². The molecule has 1 aliphatic rings. The molecule has 0 aliphatic carbocycles. The Morgan fingerprint density at radius 3 is 3.13 bits per heavy atom. The van der Waals surface area contributed by atoms with Crippen molar-refractivity contribution >= 4 is 5.91 Å². The number of carbonyl (C=O) groups excluding carboxylic acids is 1. The van der Waals surface area contributed by atoms with E-state index in [0.717, 1.165) is 19.4 Å². The average molecular weight is 216 g/mol. The van der Waals surface area contributed by atoms with E-state index in [9.17, 15) is 4.79 Å². The zero-order chi connectivity index (χ0) is 11.1. The van der Waals surface area contributed by atoms with Crippen molar-refractivity contribution in [1.82, 2.24) is 10.6 Å². The largest absolute Gasteiger partial charge is 0.393 e. The lowest BCUT2D eigenvalue weighted by molar-refractivity contribution is -0.125. The Bertz CT molecular complexity index is 191. The predicted octanol–water partition coefficient (Wildman–Crippen LogP) is -0.748. The number of hydrogen-bond donors (Lipinski definition) is 3. The summed E-state index contributed by atoms with van der Waals surface area (Å²) < 4.78 is 5.18. The molecule has 0 aromatic rings. The predicted molar refractivity (Wildman–Crippen MR) is 56.5 cm³/mol. The van der Waals surface area contributed by atoms with Gasteiger partial charge in [0.05, 0.1) is 19.3 Å². The molecule has 2 atom stereocenters. The van der Waals surface area contributed by atoms with Crippen LogP contribution in [0.25, 0.3) is 0 Å². The molecule has 15 heavy (non-hydrogen) atoms. The minimum absolute atomic E-state index is 0.0136. The van der Waals surface area contributed by atoms with Crippen molar-refractivity contribution in [2.24, 2.45) is 0 Å². The van der Waals surface area contributed by atoms with Crippen LogP contribution in [-0.2, 0) is 9.53 Å². The van der Waals surface area contributed by atoms with Crippen molar-refractivity contribution in [3.05, 3.63) is 0 Å². The molecule has 88 valence electrons. The summed E-state index contributed by atoms with van der Waals surface area (Å²) in [5.41, 5.74) is 0. The monoisotopic (exact) mass is 216 g/mol. The first-order valence-electron chi connectivity index (χ1n) is 5.47. The van der Waals surface area contributed by atoms with Gasteiger partial charge in [-0.25, -0.2) is 0 Å². The normalized spacial score (nSPS) is 23.5. The van der Waals surface area contributed by atoms with Crippen LogP contribution < -0.4 is 10.6 Å². The average Bonchev–Trinajstić information content (AvgIpc) is 2.25. The minimum Gasteiger partial charge on any atom is -0.393 e. The fraction of sp³-hybridized carbons (Fsp3) is 0.900. The van der Waals surface area contributed by atoms with Gasteiger partial charge in [0.15, 0.2) is 0 Å². The van der Waals surface area contributed by atoms with E-state index in [-0.39, 0.29) is 18.1 Å². The number of aliphatic hydroxyl groups excluding tert-OH is 1. The number of ether oxygens (including phenoxy) is 1. The molecular weight excluding hydrogens is 196 g/mol. The zero-order valence-electron chi connectivity index (χ0n) is 9.16. The molecule has 1 amide bonds. The number of morpholine rings is 1. The Hall–Kier alpha value is -0.650. The lowest BCUT2D eigenvalue weighted by Gasteiger charge is -2.22. The SMILES string of the molecule is CC(O)CCCNC(=O)C1COCCN1. The molecule has 3 N–H and O–H groups in total. The van der Waals surface area contributed by atoms with E-state index in [1.807, 2.05) is 0 Å². The van der Waals surface area contributed by atoms with Crippen LogP contribution in [0.2, 0.25) is 0 Å². The number of rotatable bonds is 5. The van der Waals surface area contributed by atoms with E-state index in [1.165, 1.54) is 0 Å². The maximum atomic E-state index is 11.5. The molecule has 1 saturated heterocycles. The molecule has 5 heteroatoms. The summed E-state index contributed by atoms with van der Waals surface area (Å²) in [7, 11) is 0. The highest BCUT2D eigenvalue weighted by Gasteiger charge is 2.20. The molecule has 0 spiro atoms. The molecule has 1 rings (SSSR count). The highest BCUT2D eigenvalue weighted by molar-refractivity contribution is 5.81. The molecule has 1 heterocycles. The minimum atomic E-state index is -0.293. The topological polar surface area (TPSA) is 70.6 Å². The second-order valence-electron chi connectivity index (χ2n) is 3.86. The maximum Gasteiger partial charge on any atom is 0.239 e. The molecule has 2 unspecified atom stereocenters. The van der Waals surface area contributed by atoms with Crippen molar-refractivity contribution in [1.29, 1.82) is 0 Å². The Morgan fingerprint density at radius 2 is 2.53 bits per heavy atom. The van der Waals surface area contributed by atoms with E-state index < -0.39 is 0 Å². The summed E-state index contributed by atoms with van der Waals surface area (Å²) in [5, 5.41) is 14.9. The quantitative estimate of drug-likeness (QED) is 0.529. The van der Waals surface area contributed by atoms with Crippen molar-refractivity contribution in [3.63, 3.8) is 0 Å². The number of hydrogen-bond acceptors (Lipinski definition) is 4. The van der Waals surface area contributed by atoms with Crippen molar-refractivity contribution in [3.8, 4) is 0 Å². The summed E-state index contributed by atoms with van der Waals surface area (Å²) in [5.74, 6) is -0.0136. The van der Waals surface area contributed by atoms with Crippen LogP contribution in [0.4, 0.5) is 0 Å². The van der Waals surface area contributed by atoms with Gasteiger partial charge >= 0.3 is 0 Å². The summed E-state index contributed by atoms with van der Waals surface area (Å²) in [6, 6.07) is -0.217. The Kier molecular flexibility index (Phi) is 5.60. The Morgan fingerprint density at radius 1 is 1.73 bits per heavy atom. The standard InChI is InChI=1S/C10H20N2O3/c1-8(13)3-2-4-12-10(14)9-7-15-6-5-11-9/h8-9,11,13H,2-7H2,1H3,(H,12,14). The van der Waals surface area contributed by atoms with Gasteiger partial charge in [-0.3, -0.25) is 4.79 Å². The van der Waals surface area contributed by atoms with Crippen molar-refractivity contribution in [2.45, 2.75) is 31.9 Å². The Balaban J connectivity index is 2.07. The van der Waals surface area contributed by atoms with Crippen molar-refractivity contribution in [2.75, 3.05) is 26.3 Å². The first-order chi connectivity index (χ1) is 7.20. The van der Waals surface area contributed by atoms with E-state index in [0.29, 0.717) is 19.8 Å². The third kappa shape index (κ3) is 5.11. The number of nitrogens with one attached hydrogen (secondary N) is 2. The molecule has 0 saturated carbocycles. The second kappa shape index (κ2) is 6.76. The van der Waals surface area contributed by atoms with Crippen molar-refractivity contribution < 1.29 is 14.6 Å². The molecular formula is C10H20N2O3. The van der Waals surface area contributed by atoms with E-state index in [4.69, 9.17) is 9.84 Å². The van der Waals surface area contributed by atoms with Crippen LogP contribution in [0.15, 0.2) is 0 Å². The molecule has 0 aromatic carbocycles. The highest BCUT2D eigenvalue weighted by Crippen LogP contribution is 1.95. The van der Waals surface area contributed by atoms with Gasteiger partial charge in [0.2, 0.25) is 5.91 Å². The Labute approximate surface area is 90.2 Å². The fourth-order valence-electron chi connectivity index (χ4n) is 1.47. The molecule has 0 radical (unpaired) electrons. The van der Waals surface area contributed by atoms with E-state index in [1.54, 1.807) is 6.92 Å². The van der Waals surface area contributed by atoms with Gasteiger partial charge in [-0.05, 0) is 19.8 Å². The number of aliphatic hydroxyl groups is 1. The first-order valence-corrected chi connectivity index (χ1v) is 5.47. The molecule has 1 aliphatic heterocycles. The van der Waals surface area contributed by atoms with Crippen LogP contribution in [-0.4, -0.2) is 49.5 Å². The smallest absolute Gasteiger partial charge is 0.239 e. The second-order valence-corrected chi connectivity index (χ2v) is 3.86. The molecule has 1 fully saturated rings. The zero-order valence-corrected chi connectivity index (χ0v) is 9.16. The maximum absolute atomic E-state index is 11.5. The molecule has 0 aromatic heterocycles. The van der Waals surface area contributed by atoms with Crippen LogP contribution >= 0.6 is 0 Å². The summed E-state index contributed by atoms with van der Waals surface area (Å²) in [6.07, 6.45) is 1.23. The van der Waals surface area contributed by atoms with Gasteiger partial charge in [0, 0.05) is 13.1 Å². The molecule has 0 bridgehead atoms. The number of carbonyl (C=O) groups is 1. The first kappa shape index (κ1) is 12.4. The molecule has 5 nitrogen and oxygen atoms in total. The van der Waals surface area contributed by atoms with Gasteiger partial charge in [0.1, 0.15) is 6.04 Å². The van der Waals surface area contributed by atoms with Gasteiger partial charge in [0.25, 0.3) is 0 Å². The third-order valence-electron chi connectivity index (χ3n) is 2.34. The van der Waals surface area contributed by atoms with Gasteiger partial charge in [-0.1, -0.05) is 0 Å². The van der Waals surface area contributed by atoms with Gasteiger partial charge in [-0.15, -0.1) is 0 Å². The summed E-state index contributed by atoms with van der Waals surface area (Å²) in [6.45, 7) is 4.21. The van der Waals surface area contributed by atoms with Crippen LogP contribution in [0.5, 0.6) is 0 Å². The highest BCUT2D eigenvalue weighted by atomic mass is 16.5. The number of amides is 1. The van der Waals surface area contributed by atoms with Crippen LogP contribution in [0.1, 0.15) is 19.8 Å². The van der Waals surface area contributed by atoms with E-state index >= 15 is 0 Å². The van der Waals surface area contributed by atoms with E-state index in [2.05, 4.69) is 10.6 Å². The summed E-state index contributed by atoms with van der Waals surface area (Å²) >= 11 is 0. The summed E-state index contributed by atoms with van der Waals surface area (Å²) in [4.78, 5) is 11.5. The fourth-order valence-corrected chi connectivity index (χ4v) is 1.47. The van der Waals surface area contributed by atoms with Gasteiger partial charge in [-0.2, -0.15) is 0 Å². The van der Waals surface area contributed by atoms with Crippen LogP contribution in [0.3, 0.4) is 0 Å². The third-order valence-corrected chi connectivity index (χ3v) is 2.34. The lowest BCUT2D eigenvalue weighted by Crippen LogP contribution is -2.51. The lowest BCUT2D eigenvalue weighted by atomic mass is 10.2. The van der Waals surface area contributed by atoms with Crippen LogP contribution in [0, 0.1) is 0 Å².